The Hall–Kier alpha value is -0.900. The van der Waals surface area contributed by atoms with Crippen molar-refractivity contribution in [3.63, 3.8) is 0 Å². The van der Waals surface area contributed by atoms with E-state index in [1.54, 1.807) is 11.1 Å². The van der Waals surface area contributed by atoms with Crippen molar-refractivity contribution < 1.29 is 4.39 Å². The Morgan fingerprint density at radius 2 is 2.25 bits per heavy atom. The van der Waals surface area contributed by atoms with Crippen LogP contribution >= 0.6 is 11.6 Å². The molecule has 0 aliphatic carbocycles. The first kappa shape index (κ1) is 7.73. The Morgan fingerprint density at radius 3 is 2.83 bits per heavy atom. The van der Waals surface area contributed by atoms with Gasteiger partial charge in [0.1, 0.15) is 17.1 Å². The van der Waals surface area contributed by atoms with Gasteiger partial charge >= 0.3 is 0 Å². The molecular formula is C7H7ClFN3. The molecule has 0 spiro atoms. The number of alkyl halides is 1. The third-order valence-electron chi connectivity index (χ3n) is 1.75. The minimum atomic E-state index is -0.731. The standard InChI is InChI=1S/C7H7ClFN3/c8-6-1-10-2-7(11-6)12-3-5(9)4-12/h1-2,5H,3-4H2. The molecule has 1 aliphatic heterocycles. The summed E-state index contributed by atoms with van der Waals surface area (Å²) in [5, 5.41) is 0.342. The van der Waals surface area contributed by atoms with Crippen LogP contribution in [0.1, 0.15) is 0 Å². The summed E-state index contributed by atoms with van der Waals surface area (Å²) in [6.45, 7) is 0.796. The van der Waals surface area contributed by atoms with Gasteiger partial charge in [-0.3, -0.25) is 4.98 Å². The maximum absolute atomic E-state index is 12.4. The van der Waals surface area contributed by atoms with Crippen LogP contribution < -0.4 is 4.90 Å². The van der Waals surface area contributed by atoms with Gasteiger partial charge in [-0.15, -0.1) is 0 Å². The highest BCUT2D eigenvalue weighted by molar-refractivity contribution is 6.29. The fourth-order valence-corrected chi connectivity index (χ4v) is 1.24. The summed E-state index contributed by atoms with van der Waals surface area (Å²) in [6.07, 6.45) is 2.31. The highest BCUT2D eigenvalue weighted by Crippen LogP contribution is 2.20. The van der Waals surface area contributed by atoms with E-state index in [-0.39, 0.29) is 0 Å². The fourth-order valence-electron chi connectivity index (χ4n) is 1.10. The van der Waals surface area contributed by atoms with Gasteiger partial charge in [0, 0.05) is 0 Å². The van der Waals surface area contributed by atoms with E-state index in [1.807, 2.05) is 0 Å². The Labute approximate surface area is 74.2 Å². The molecule has 0 aromatic carbocycles. The maximum atomic E-state index is 12.4. The molecule has 0 amide bonds. The first-order valence-corrected chi connectivity index (χ1v) is 4.00. The highest BCUT2D eigenvalue weighted by atomic mass is 35.5. The number of halogens is 2. The van der Waals surface area contributed by atoms with Gasteiger partial charge in [-0.2, -0.15) is 0 Å². The van der Waals surface area contributed by atoms with Gasteiger partial charge < -0.3 is 4.90 Å². The number of hydrogen-bond acceptors (Lipinski definition) is 3. The maximum Gasteiger partial charge on any atom is 0.149 e. The number of nitrogens with zero attached hydrogens (tertiary/aromatic N) is 3. The number of anilines is 1. The van der Waals surface area contributed by atoms with Crippen molar-refractivity contribution in [2.45, 2.75) is 6.17 Å². The molecule has 0 N–H and O–H groups in total. The van der Waals surface area contributed by atoms with Crippen molar-refractivity contribution in [1.29, 1.82) is 0 Å². The molecule has 1 saturated heterocycles. The second-order valence-electron chi connectivity index (χ2n) is 2.70. The highest BCUT2D eigenvalue weighted by Gasteiger charge is 2.27. The van der Waals surface area contributed by atoms with E-state index in [9.17, 15) is 4.39 Å². The van der Waals surface area contributed by atoms with Gasteiger partial charge in [0.05, 0.1) is 25.5 Å². The lowest BCUT2D eigenvalue weighted by Gasteiger charge is -2.34. The predicted molar refractivity (Wildman–Crippen MR) is 44.2 cm³/mol. The third kappa shape index (κ3) is 1.34. The number of hydrogen-bond donors (Lipinski definition) is 0. The van der Waals surface area contributed by atoms with Gasteiger partial charge in [-0.25, -0.2) is 9.37 Å². The topological polar surface area (TPSA) is 29.0 Å². The molecule has 0 atom stereocenters. The van der Waals surface area contributed by atoms with Crippen LogP contribution in [0.15, 0.2) is 12.4 Å². The van der Waals surface area contributed by atoms with Crippen molar-refractivity contribution in [2.24, 2.45) is 0 Å². The second-order valence-corrected chi connectivity index (χ2v) is 3.09. The van der Waals surface area contributed by atoms with Gasteiger partial charge in [-0.1, -0.05) is 11.6 Å². The monoisotopic (exact) mass is 187 g/mol. The molecule has 0 bridgehead atoms. The first-order valence-electron chi connectivity index (χ1n) is 3.62. The van der Waals surface area contributed by atoms with E-state index in [0.717, 1.165) is 0 Å². The van der Waals surface area contributed by atoms with E-state index in [4.69, 9.17) is 11.6 Å². The Bertz CT molecular complexity index is 288. The molecule has 0 saturated carbocycles. The van der Waals surface area contributed by atoms with E-state index in [0.29, 0.717) is 24.1 Å². The first-order chi connectivity index (χ1) is 5.75. The quantitative estimate of drug-likeness (QED) is 0.664. The minimum absolute atomic E-state index is 0.342. The van der Waals surface area contributed by atoms with Crippen LogP contribution in [0.25, 0.3) is 0 Å². The molecule has 0 unspecified atom stereocenters. The molecule has 5 heteroatoms. The second kappa shape index (κ2) is 2.86. The van der Waals surface area contributed by atoms with E-state index < -0.39 is 6.17 Å². The Balaban J connectivity index is 2.13. The third-order valence-corrected chi connectivity index (χ3v) is 1.94. The summed E-state index contributed by atoms with van der Waals surface area (Å²) in [7, 11) is 0. The van der Waals surface area contributed by atoms with Crippen molar-refractivity contribution in [3.8, 4) is 0 Å². The lowest BCUT2D eigenvalue weighted by molar-refractivity contribution is 0.273. The largest absolute Gasteiger partial charge is 0.349 e. The summed E-state index contributed by atoms with van der Waals surface area (Å²) in [5.41, 5.74) is 0. The predicted octanol–water partition coefficient (Wildman–Crippen LogP) is 1.29. The van der Waals surface area contributed by atoms with Crippen LogP contribution in [0.4, 0.5) is 10.2 Å². The zero-order chi connectivity index (χ0) is 8.55. The molecule has 0 radical (unpaired) electrons. The molecule has 12 heavy (non-hydrogen) atoms. The summed E-state index contributed by atoms with van der Waals surface area (Å²) in [5.74, 6) is 0.649. The van der Waals surface area contributed by atoms with Crippen molar-refractivity contribution >= 4 is 17.4 Å². The molecule has 1 aromatic heterocycles. The summed E-state index contributed by atoms with van der Waals surface area (Å²) < 4.78 is 12.4. The average molecular weight is 188 g/mol. The van der Waals surface area contributed by atoms with E-state index in [2.05, 4.69) is 9.97 Å². The van der Waals surface area contributed by atoms with Crippen LogP contribution in [0, 0.1) is 0 Å². The van der Waals surface area contributed by atoms with Gasteiger partial charge in [0.25, 0.3) is 0 Å². The zero-order valence-corrected chi connectivity index (χ0v) is 7.00. The van der Waals surface area contributed by atoms with Crippen molar-refractivity contribution in [3.05, 3.63) is 17.5 Å². The number of rotatable bonds is 1. The average Bonchev–Trinajstić information content (AvgIpc) is 1.99. The van der Waals surface area contributed by atoms with Crippen molar-refractivity contribution in [2.75, 3.05) is 18.0 Å². The molecule has 2 heterocycles. The van der Waals surface area contributed by atoms with Crippen LogP contribution in [-0.4, -0.2) is 29.2 Å². The molecular weight excluding hydrogens is 181 g/mol. The molecule has 1 fully saturated rings. The molecule has 1 aromatic rings. The van der Waals surface area contributed by atoms with Gasteiger partial charge in [-0.05, 0) is 0 Å². The smallest absolute Gasteiger partial charge is 0.149 e. The molecule has 2 rings (SSSR count). The van der Waals surface area contributed by atoms with Gasteiger partial charge in [0.2, 0.25) is 0 Å². The summed E-state index contributed by atoms with van der Waals surface area (Å²) in [6, 6.07) is 0. The molecule has 1 aliphatic rings. The summed E-state index contributed by atoms with van der Waals surface area (Å²) >= 11 is 5.61. The lowest BCUT2D eigenvalue weighted by atomic mass is 10.2. The molecule has 64 valence electrons. The van der Waals surface area contributed by atoms with Crippen LogP contribution in [0.3, 0.4) is 0 Å². The van der Waals surface area contributed by atoms with Crippen molar-refractivity contribution in [1.82, 2.24) is 9.97 Å². The minimum Gasteiger partial charge on any atom is -0.349 e. The Kier molecular flexibility index (Phi) is 1.84. The molecule has 3 nitrogen and oxygen atoms in total. The van der Waals surface area contributed by atoms with Crippen LogP contribution in [0.5, 0.6) is 0 Å². The fraction of sp³-hybridized carbons (Fsp3) is 0.429. The van der Waals surface area contributed by atoms with Crippen LogP contribution in [-0.2, 0) is 0 Å². The summed E-state index contributed by atoms with van der Waals surface area (Å²) in [4.78, 5) is 9.64. The van der Waals surface area contributed by atoms with Gasteiger partial charge in [0.15, 0.2) is 0 Å². The SMILES string of the molecule is FC1CN(c2cncc(Cl)n2)C1. The number of aromatic nitrogens is 2. The van der Waals surface area contributed by atoms with E-state index >= 15 is 0 Å². The zero-order valence-electron chi connectivity index (χ0n) is 6.24. The van der Waals surface area contributed by atoms with E-state index in [1.165, 1.54) is 6.20 Å². The lowest BCUT2D eigenvalue weighted by Crippen LogP contribution is -2.48. The Morgan fingerprint density at radius 1 is 1.50 bits per heavy atom. The van der Waals surface area contributed by atoms with Crippen LogP contribution in [0.2, 0.25) is 5.15 Å². The normalized spacial score (nSPS) is 17.7.